The molecule has 1 saturated heterocycles. The van der Waals surface area contributed by atoms with E-state index in [1.54, 1.807) is 30.3 Å². The second-order valence-corrected chi connectivity index (χ2v) is 9.22. The lowest BCUT2D eigenvalue weighted by atomic mass is 9.91. The summed E-state index contributed by atoms with van der Waals surface area (Å²) < 4.78 is 35.0. The summed E-state index contributed by atoms with van der Waals surface area (Å²) in [7, 11) is 0. The maximum absolute atomic E-state index is 14.0. The number of benzene rings is 1. The van der Waals surface area contributed by atoms with Crippen LogP contribution in [-0.4, -0.2) is 63.8 Å². The Bertz CT molecular complexity index is 1200. The van der Waals surface area contributed by atoms with Crippen molar-refractivity contribution in [2.75, 3.05) is 36.5 Å². The first-order chi connectivity index (χ1) is 17.5. The summed E-state index contributed by atoms with van der Waals surface area (Å²) in [5.41, 5.74) is 1.05. The molecular weight excluding hydrogens is 468 g/mol. The van der Waals surface area contributed by atoms with Crippen LogP contribution in [0.25, 0.3) is 16.9 Å². The van der Waals surface area contributed by atoms with Crippen LogP contribution in [0, 0.1) is 0 Å². The van der Waals surface area contributed by atoms with Gasteiger partial charge in [0.05, 0.1) is 24.2 Å². The number of anilines is 2. The van der Waals surface area contributed by atoms with Gasteiger partial charge in [0.1, 0.15) is 11.6 Å². The SMILES string of the molecule is CCC(=O)N[C@H]1CC[C@H](Nc2cc(-n3c(C(F)F)nc4ccccc43)nc(N3CCOCC3)n2)CC1. The summed E-state index contributed by atoms with van der Waals surface area (Å²) in [6.07, 6.45) is 1.22. The molecule has 36 heavy (non-hydrogen) atoms. The zero-order chi connectivity index (χ0) is 25.1. The lowest BCUT2D eigenvalue weighted by Crippen LogP contribution is -2.40. The summed E-state index contributed by atoms with van der Waals surface area (Å²) in [6, 6.07) is 9.13. The van der Waals surface area contributed by atoms with Crippen LogP contribution in [0.15, 0.2) is 30.3 Å². The van der Waals surface area contributed by atoms with Gasteiger partial charge in [0, 0.05) is 37.7 Å². The molecule has 3 heterocycles. The van der Waals surface area contributed by atoms with Gasteiger partial charge in [0.25, 0.3) is 6.43 Å². The maximum atomic E-state index is 14.0. The van der Waals surface area contributed by atoms with Gasteiger partial charge in [-0.1, -0.05) is 19.1 Å². The van der Waals surface area contributed by atoms with Crippen molar-refractivity contribution in [3.8, 4) is 5.82 Å². The van der Waals surface area contributed by atoms with E-state index in [-0.39, 0.29) is 23.8 Å². The standard InChI is InChI=1S/C25H31F2N7O2/c1-2-22(35)29-17-9-7-16(8-10-17)28-20-15-21(32-25(31-20)33-11-13-36-14-12-33)34-19-6-4-3-5-18(19)30-24(34)23(26)27/h3-6,15-17,23H,2,7-14H2,1H3,(H,29,35)(H,28,31,32)/t16-,17-. The number of hydrogen-bond acceptors (Lipinski definition) is 7. The Morgan fingerprint density at radius 2 is 1.81 bits per heavy atom. The molecule has 2 fully saturated rings. The second kappa shape index (κ2) is 10.7. The van der Waals surface area contributed by atoms with E-state index in [4.69, 9.17) is 14.7 Å². The van der Waals surface area contributed by atoms with Crippen molar-refractivity contribution < 1.29 is 18.3 Å². The Morgan fingerprint density at radius 1 is 1.08 bits per heavy atom. The van der Waals surface area contributed by atoms with Crippen molar-refractivity contribution in [1.29, 1.82) is 0 Å². The highest BCUT2D eigenvalue weighted by molar-refractivity contribution is 5.78. The monoisotopic (exact) mass is 499 g/mol. The lowest BCUT2D eigenvalue weighted by molar-refractivity contribution is -0.121. The number of rotatable bonds is 7. The molecule has 0 bridgehead atoms. The zero-order valence-corrected chi connectivity index (χ0v) is 20.3. The first-order valence-electron chi connectivity index (χ1n) is 12.6. The molecule has 2 aliphatic rings. The molecule has 3 aromatic rings. The van der Waals surface area contributed by atoms with Gasteiger partial charge in [-0.05, 0) is 37.8 Å². The van der Waals surface area contributed by atoms with Gasteiger partial charge >= 0.3 is 0 Å². The fourth-order valence-electron chi connectivity index (χ4n) is 4.87. The highest BCUT2D eigenvalue weighted by Crippen LogP contribution is 2.30. The minimum atomic E-state index is -2.76. The predicted molar refractivity (Wildman–Crippen MR) is 133 cm³/mol. The smallest absolute Gasteiger partial charge is 0.296 e. The van der Waals surface area contributed by atoms with Gasteiger partial charge in [-0.25, -0.2) is 13.8 Å². The number of carbonyl (C=O) groups excluding carboxylic acids is 1. The fraction of sp³-hybridized carbons (Fsp3) is 0.520. The molecule has 0 spiro atoms. The fourth-order valence-corrected chi connectivity index (χ4v) is 4.87. The molecule has 5 rings (SSSR count). The van der Waals surface area contributed by atoms with E-state index in [1.165, 1.54) is 4.57 Å². The van der Waals surface area contributed by atoms with Gasteiger partial charge in [-0.15, -0.1) is 0 Å². The molecule has 1 amide bonds. The largest absolute Gasteiger partial charge is 0.378 e. The molecule has 2 aromatic heterocycles. The molecule has 0 radical (unpaired) electrons. The van der Waals surface area contributed by atoms with E-state index in [0.717, 1.165) is 25.7 Å². The molecule has 9 nitrogen and oxygen atoms in total. The summed E-state index contributed by atoms with van der Waals surface area (Å²) in [5, 5.41) is 6.58. The third-order valence-electron chi connectivity index (χ3n) is 6.77. The van der Waals surface area contributed by atoms with E-state index < -0.39 is 6.43 Å². The number of hydrogen-bond donors (Lipinski definition) is 2. The molecule has 0 atom stereocenters. The minimum Gasteiger partial charge on any atom is -0.378 e. The minimum absolute atomic E-state index is 0.0735. The van der Waals surface area contributed by atoms with Crippen molar-refractivity contribution in [3.63, 3.8) is 0 Å². The lowest BCUT2D eigenvalue weighted by Gasteiger charge is -2.31. The molecule has 1 saturated carbocycles. The van der Waals surface area contributed by atoms with Crippen LogP contribution in [0.2, 0.25) is 0 Å². The molecule has 0 unspecified atom stereocenters. The third kappa shape index (κ3) is 5.25. The second-order valence-electron chi connectivity index (χ2n) is 9.22. The van der Waals surface area contributed by atoms with Crippen LogP contribution in [0.3, 0.4) is 0 Å². The van der Waals surface area contributed by atoms with Gasteiger partial charge in [0.2, 0.25) is 11.9 Å². The van der Waals surface area contributed by atoms with E-state index in [1.807, 2.05) is 11.8 Å². The predicted octanol–water partition coefficient (Wildman–Crippen LogP) is 3.84. The van der Waals surface area contributed by atoms with Gasteiger partial charge < -0.3 is 20.3 Å². The Labute approximate surface area is 208 Å². The van der Waals surface area contributed by atoms with Crippen LogP contribution in [0.4, 0.5) is 20.5 Å². The number of halogens is 2. The molecule has 1 aromatic carbocycles. The topological polar surface area (TPSA) is 97.2 Å². The number of amides is 1. The number of fused-ring (bicyclic) bond motifs is 1. The first kappa shape index (κ1) is 24.4. The van der Waals surface area contributed by atoms with E-state index in [9.17, 15) is 13.6 Å². The molecular formula is C25H31F2N7O2. The zero-order valence-electron chi connectivity index (χ0n) is 20.3. The van der Waals surface area contributed by atoms with E-state index >= 15 is 0 Å². The van der Waals surface area contributed by atoms with Crippen molar-refractivity contribution in [1.82, 2.24) is 24.8 Å². The van der Waals surface area contributed by atoms with Crippen molar-refractivity contribution in [3.05, 3.63) is 36.2 Å². The quantitative estimate of drug-likeness (QED) is 0.510. The Hall–Kier alpha value is -3.34. The van der Waals surface area contributed by atoms with Crippen LogP contribution >= 0.6 is 0 Å². The number of alkyl halides is 2. The Kier molecular flexibility index (Phi) is 7.26. The van der Waals surface area contributed by atoms with E-state index in [0.29, 0.717) is 61.3 Å². The highest BCUT2D eigenvalue weighted by atomic mass is 19.3. The summed E-state index contributed by atoms with van der Waals surface area (Å²) in [6.45, 7) is 4.21. The summed E-state index contributed by atoms with van der Waals surface area (Å²) in [5.74, 6) is 1.13. The number of ether oxygens (including phenoxy) is 1. The van der Waals surface area contributed by atoms with E-state index in [2.05, 4.69) is 15.6 Å². The van der Waals surface area contributed by atoms with Crippen molar-refractivity contribution in [2.45, 2.75) is 57.5 Å². The van der Waals surface area contributed by atoms with Crippen molar-refractivity contribution in [2.24, 2.45) is 0 Å². The number of para-hydroxylation sites is 2. The first-order valence-corrected chi connectivity index (χ1v) is 12.6. The Morgan fingerprint density at radius 3 is 2.53 bits per heavy atom. The number of imidazole rings is 1. The number of aromatic nitrogens is 4. The Balaban J connectivity index is 1.46. The number of morpholine rings is 1. The number of nitrogens with zero attached hydrogens (tertiary/aromatic N) is 5. The number of carbonyl (C=O) groups is 1. The van der Waals surface area contributed by atoms with Crippen LogP contribution < -0.4 is 15.5 Å². The van der Waals surface area contributed by atoms with Crippen LogP contribution in [0.1, 0.15) is 51.3 Å². The van der Waals surface area contributed by atoms with Crippen molar-refractivity contribution >= 4 is 28.7 Å². The third-order valence-corrected chi connectivity index (χ3v) is 6.77. The summed E-state index contributed by atoms with van der Waals surface area (Å²) >= 11 is 0. The molecule has 2 N–H and O–H groups in total. The maximum Gasteiger partial charge on any atom is 0.296 e. The van der Waals surface area contributed by atoms with Crippen LogP contribution in [0.5, 0.6) is 0 Å². The average molecular weight is 500 g/mol. The average Bonchev–Trinajstić information content (AvgIpc) is 3.30. The molecule has 192 valence electrons. The normalized spacial score (nSPS) is 20.6. The molecule has 11 heteroatoms. The molecule has 1 aliphatic carbocycles. The van der Waals surface area contributed by atoms with Gasteiger partial charge in [0.15, 0.2) is 5.82 Å². The summed E-state index contributed by atoms with van der Waals surface area (Å²) in [4.78, 5) is 27.4. The highest BCUT2D eigenvalue weighted by Gasteiger charge is 2.26. The number of nitrogens with one attached hydrogen (secondary N) is 2. The van der Waals surface area contributed by atoms with Crippen LogP contribution in [-0.2, 0) is 9.53 Å². The molecule has 1 aliphatic heterocycles. The van der Waals surface area contributed by atoms with Gasteiger partial charge in [-0.2, -0.15) is 9.97 Å². The van der Waals surface area contributed by atoms with Gasteiger partial charge in [-0.3, -0.25) is 9.36 Å².